The molecular weight excluding hydrogens is 202 g/mol. The van der Waals surface area contributed by atoms with Gasteiger partial charge in [0.05, 0.1) is 0 Å². The van der Waals surface area contributed by atoms with Gasteiger partial charge in [-0.1, -0.05) is 12.1 Å². The zero-order chi connectivity index (χ0) is 10.9. The molecule has 2 rings (SSSR count). The van der Waals surface area contributed by atoms with E-state index in [0.717, 1.165) is 17.8 Å². The van der Waals surface area contributed by atoms with Crippen LogP contribution in [0.25, 0.3) is 5.69 Å². The van der Waals surface area contributed by atoms with Crippen LogP contribution < -0.4 is 5.46 Å². The standard InChI is InChI=1S/C10H8BF3N/c12-11(13,14)9-3-5-10(6-4-9)15-7-1-2-8-15/h1-8H/q-1. The fourth-order valence-corrected chi connectivity index (χ4v) is 1.37. The van der Waals surface area contributed by atoms with Gasteiger partial charge in [-0.15, -0.1) is 5.46 Å². The minimum Gasteiger partial charge on any atom is -0.445 e. The zero-order valence-corrected chi connectivity index (χ0v) is 7.78. The van der Waals surface area contributed by atoms with Crippen LogP contribution in [0.2, 0.25) is 0 Å². The molecular formula is C10H8BF3N-. The van der Waals surface area contributed by atoms with Gasteiger partial charge in [0.15, 0.2) is 0 Å². The summed E-state index contributed by atoms with van der Waals surface area (Å²) in [6, 6.07) is 8.78. The highest BCUT2D eigenvalue weighted by atomic mass is 19.4. The van der Waals surface area contributed by atoms with Gasteiger partial charge in [0.2, 0.25) is 0 Å². The van der Waals surface area contributed by atoms with Crippen LogP contribution in [0.15, 0.2) is 48.8 Å². The quantitative estimate of drug-likeness (QED) is 0.671. The topological polar surface area (TPSA) is 4.93 Å². The molecule has 0 radical (unpaired) electrons. The molecule has 0 unspecified atom stereocenters. The Morgan fingerprint density at radius 1 is 0.867 bits per heavy atom. The molecule has 0 atom stereocenters. The van der Waals surface area contributed by atoms with Crippen molar-refractivity contribution in [2.24, 2.45) is 0 Å². The fourth-order valence-electron chi connectivity index (χ4n) is 1.37. The molecule has 78 valence electrons. The Bertz CT molecular complexity index is 431. The van der Waals surface area contributed by atoms with Crippen LogP contribution >= 0.6 is 0 Å². The van der Waals surface area contributed by atoms with Crippen molar-refractivity contribution < 1.29 is 12.9 Å². The van der Waals surface area contributed by atoms with Crippen molar-refractivity contribution in [2.75, 3.05) is 0 Å². The minimum atomic E-state index is -4.89. The normalized spacial score (nSPS) is 11.7. The Labute approximate surface area is 85.2 Å². The van der Waals surface area contributed by atoms with Crippen molar-refractivity contribution in [3.63, 3.8) is 0 Å². The summed E-state index contributed by atoms with van der Waals surface area (Å²) in [4.78, 5) is 0. The van der Waals surface area contributed by atoms with Crippen LogP contribution in [-0.2, 0) is 0 Å². The molecule has 1 aromatic carbocycles. The third-order valence-electron chi connectivity index (χ3n) is 2.17. The SMILES string of the molecule is F[B-](F)(F)c1ccc(-n2cccc2)cc1. The van der Waals surface area contributed by atoms with Crippen molar-refractivity contribution in [2.45, 2.75) is 0 Å². The van der Waals surface area contributed by atoms with E-state index in [2.05, 4.69) is 0 Å². The Balaban J connectivity index is 2.33. The molecule has 0 saturated carbocycles. The lowest BCUT2D eigenvalue weighted by atomic mass is 9.80. The number of hydrogen-bond donors (Lipinski definition) is 0. The predicted octanol–water partition coefficient (Wildman–Crippen LogP) is 2.53. The first-order valence-corrected chi connectivity index (χ1v) is 4.50. The second kappa shape index (κ2) is 3.49. The lowest BCUT2D eigenvalue weighted by Crippen LogP contribution is -2.33. The number of hydrogen-bond acceptors (Lipinski definition) is 0. The summed E-state index contributed by atoms with van der Waals surface area (Å²) in [5, 5.41) is 0. The first kappa shape index (κ1) is 9.89. The number of nitrogens with zero attached hydrogens (tertiary/aromatic N) is 1. The monoisotopic (exact) mass is 210 g/mol. The van der Waals surface area contributed by atoms with Gasteiger partial charge >= 0.3 is 6.98 Å². The Hall–Kier alpha value is -1.65. The van der Waals surface area contributed by atoms with Gasteiger partial charge in [0, 0.05) is 18.1 Å². The van der Waals surface area contributed by atoms with E-state index in [4.69, 9.17) is 0 Å². The zero-order valence-electron chi connectivity index (χ0n) is 7.78. The molecule has 0 aliphatic rings. The van der Waals surface area contributed by atoms with Gasteiger partial charge in [-0.25, -0.2) is 0 Å². The molecule has 0 N–H and O–H groups in total. The average molecular weight is 210 g/mol. The molecule has 2 aromatic rings. The first-order valence-electron chi connectivity index (χ1n) is 4.50. The molecule has 1 nitrogen and oxygen atoms in total. The summed E-state index contributed by atoms with van der Waals surface area (Å²) < 4.78 is 38.7. The maximum atomic E-state index is 12.3. The van der Waals surface area contributed by atoms with Crippen LogP contribution in [0.3, 0.4) is 0 Å². The van der Waals surface area contributed by atoms with E-state index in [0.29, 0.717) is 0 Å². The predicted molar refractivity (Wildman–Crippen MR) is 54.5 cm³/mol. The van der Waals surface area contributed by atoms with E-state index in [-0.39, 0.29) is 0 Å². The van der Waals surface area contributed by atoms with Crippen molar-refractivity contribution in [3.8, 4) is 5.69 Å². The van der Waals surface area contributed by atoms with Gasteiger partial charge in [-0.3, -0.25) is 0 Å². The fraction of sp³-hybridized carbons (Fsp3) is 0. The maximum Gasteiger partial charge on any atom is 0.509 e. The number of rotatable bonds is 2. The molecule has 1 aromatic heterocycles. The van der Waals surface area contributed by atoms with E-state index >= 15 is 0 Å². The number of halogens is 3. The molecule has 1 heterocycles. The largest absolute Gasteiger partial charge is 0.509 e. The second-order valence-electron chi connectivity index (χ2n) is 3.26. The third-order valence-corrected chi connectivity index (χ3v) is 2.17. The molecule has 0 spiro atoms. The number of aromatic nitrogens is 1. The van der Waals surface area contributed by atoms with E-state index in [1.807, 2.05) is 12.1 Å². The Morgan fingerprint density at radius 2 is 1.40 bits per heavy atom. The summed E-state index contributed by atoms with van der Waals surface area (Å²) in [7, 11) is 0. The second-order valence-corrected chi connectivity index (χ2v) is 3.26. The highest BCUT2D eigenvalue weighted by molar-refractivity contribution is 6.73. The Kier molecular flexibility index (Phi) is 2.30. The van der Waals surface area contributed by atoms with Gasteiger partial charge in [-0.2, -0.15) is 0 Å². The number of benzene rings is 1. The van der Waals surface area contributed by atoms with Crippen LogP contribution in [-0.4, -0.2) is 11.5 Å². The van der Waals surface area contributed by atoms with E-state index in [1.165, 1.54) is 12.1 Å². The molecule has 0 saturated heterocycles. The lowest BCUT2D eigenvalue weighted by molar-refractivity contribution is 0.501. The first-order chi connectivity index (χ1) is 7.07. The van der Waals surface area contributed by atoms with Crippen LogP contribution in [0.4, 0.5) is 12.9 Å². The van der Waals surface area contributed by atoms with Crippen molar-refractivity contribution in [3.05, 3.63) is 48.8 Å². The van der Waals surface area contributed by atoms with Crippen molar-refractivity contribution in [1.82, 2.24) is 4.57 Å². The molecule has 0 aliphatic carbocycles. The van der Waals surface area contributed by atoms with E-state index in [9.17, 15) is 12.9 Å². The van der Waals surface area contributed by atoms with Gasteiger partial charge < -0.3 is 17.5 Å². The van der Waals surface area contributed by atoms with Crippen LogP contribution in [0.1, 0.15) is 0 Å². The van der Waals surface area contributed by atoms with E-state index in [1.54, 1.807) is 17.0 Å². The highest BCUT2D eigenvalue weighted by Gasteiger charge is 2.24. The van der Waals surface area contributed by atoms with Crippen LogP contribution in [0, 0.1) is 0 Å². The molecule has 0 aliphatic heterocycles. The summed E-state index contributed by atoms with van der Waals surface area (Å²) in [6.45, 7) is -4.89. The van der Waals surface area contributed by atoms with Gasteiger partial charge in [-0.05, 0) is 24.3 Å². The van der Waals surface area contributed by atoms with Crippen molar-refractivity contribution >= 4 is 12.4 Å². The average Bonchev–Trinajstić information content (AvgIpc) is 2.69. The Morgan fingerprint density at radius 3 is 1.87 bits per heavy atom. The molecule has 0 fully saturated rings. The molecule has 0 bridgehead atoms. The highest BCUT2D eigenvalue weighted by Crippen LogP contribution is 2.11. The van der Waals surface area contributed by atoms with Gasteiger partial charge in [0.25, 0.3) is 0 Å². The van der Waals surface area contributed by atoms with Crippen LogP contribution in [0.5, 0.6) is 0 Å². The molecule has 15 heavy (non-hydrogen) atoms. The van der Waals surface area contributed by atoms with Crippen molar-refractivity contribution in [1.29, 1.82) is 0 Å². The molecule has 5 heteroatoms. The van der Waals surface area contributed by atoms with E-state index < -0.39 is 12.4 Å². The lowest BCUT2D eigenvalue weighted by Gasteiger charge is -2.15. The summed E-state index contributed by atoms with van der Waals surface area (Å²) in [5.74, 6) is 0. The minimum absolute atomic E-state index is 0.564. The summed E-state index contributed by atoms with van der Waals surface area (Å²) in [5.41, 5.74) is 0.162. The summed E-state index contributed by atoms with van der Waals surface area (Å²) in [6.07, 6.45) is 3.57. The summed E-state index contributed by atoms with van der Waals surface area (Å²) >= 11 is 0. The van der Waals surface area contributed by atoms with Gasteiger partial charge in [0.1, 0.15) is 0 Å². The molecule has 0 amide bonds. The third kappa shape index (κ3) is 2.06. The smallest absolute Gasteiger partial charge is 0.445 e. The maximum absolute atomic E-state index is 12.3.